The zero-order valence-corrected chi connectivity index (χ0v) is 14.1. The van der Waals surface area contributed by atoms with Crippen molar-refractivity contribution in [3.05, 3.63) is 58.8 Å². The van der Waals surface area contributed by atoms with Gasteiger partial charge in [-0.3, -0.25) is 0 Å². The summed E-state index contributed by atoms with van der Waals surface area (Å²) in [5.41, 5.74) is -1.87. The Morgan fingerprint density at radius 3 is 1.89 bits per heavy atom. The molecule has 0 unspecified atom stereocenters. The van der Waals surface area contributed by atoms with E-state index < -0.39 is 23.5 Å². The summed E-state index contributed by atoms with van der Waals surface area (Å²) in [6, 6.07) is 7.63. The maximum Gasteiger partial charge on any atom is 0.416 e. The molecule has 1 aromatic heterocycles. The van der Waals surface area contributed by atoms with E-state index >= 15 is 0 Å². The van der Waals surface area contributed by atoms with Gasteiger partial charge in [-0.25, -0.2) is 5.10 Å². The highest BCUT2D eigenvalue weighted by molar-refractivity contribution is 5.75. The Hall–Kier alpha value is -3.35. The Morgan fingerprint density at radius 1 is 0.821 bits per heavy atom. The number of alkyl halides is 6. The van der Waals surface area contributed by atoms with E-state index in [1.54, 1.807) is 13.0 Å². The number of aryl methyl sites for hydroxylation is 1. The van der Waals surface area contributed by atoms with Crippen LogP contribution in [-0.4, -0.2) is 15.4 Å². The molecule has 4 nitrogen and oxygen atoms in total. The van der Waals surface area contributed by atoms with Crippen molar-refractivity contribution in [2.75, 3.05) is 0 Å². The van der Waals surface area contributed by atoms with Crippen LogP contribution in [0.4, 0.5) is 26.3 Å². The predicted octanol–water partition coefficient (Wildman–Crippen LogP) is 5.36. The molecule has 3 rings (SSSR count). The molecule has 144 valence electrons. The third-order valence-electron chi connectivity index (χ3n) is 3.93. The van der Waals surface area contributed by atoms with E-state index in [1.165, 1.54) is 12.1 Å². The molecule has 0 saturated heterocycles. The summed E-state index contributed by atoms with van der Waals surface area (Å²) < 4.78 is 78.6. The van der Waals surface area contributed by atoms with Crippen LogP contribution < -0.4 is 0 Å². The summed E-state index contributed by atoms with van der Waals surface area (Å²) in [5, 5.41) is 18.7. The molecule has 0 saturated carbocycles. The number of aromatic amines is 1. The van der Waals surface area contributed by atoms with Crippen LogP contribution in [0, 0.1) is 18.3 Å². The van der Waals surface area contributed by atoms with Gasteiger partial charge >= 0.3 is 12.4 Å². The SMILES string of the molecule is Cc1cc(-c2cc(C(F)(F)F)cc(C(F)(F)F)c2)cc(-c2nn[nH]c2C#N)c1. The van der Waals surface area contributed by atoms with Crippen LogP contribution in [0.25, 0.3) is 22.4 Å². The average Bonchev–Trinajstić information content (AvgIpc) is 3.08. The van der Waals surface area contributed by atoms with Gasteiger partial charge in [-0.15, -0.1) is 5.10 Å². The van der Waals surface area contributed by atoms with E-state index in [9.17, 15) is 26.3 Å². The number of hydrogen-bond donors (Lipinski definition) is 1. The Bertz CT molecular complexity index is 1040. The maximum atomic E-state index is 13.1. The fraction of sp³-hybridized carbons (Fsp3) is 0.167. The highest BCUT2D eigenvalue weighted by atomic mass is 19.4. The van der Waals surface area contributed by atoms with Crippen molar-refractivity contribution >= 4 is 0 Å². The lowest BCUT2D eigenvalue weighted by Crippen LogP contribution is -2.11. The van der Waals surface area contributed by atoms with E-state index in [2.05, 4.69) is 15.4 Å². The summed E-state index contributed by atoms with van der Waals surface area (Å²) in [6.07, 6.45) is -9.88. The van der Waals surface area contributed by atoms with E-state index in [4.69, 9.17) is 5.26 Å². The Morgan fingerprint density at radius 2 is 1.36 bits per heavy atom. The van der Waals surface area contributed by atoms with Crippen LogP contribution in [-0.2, 0) is 12.4 Å². The van der Waals surface area contributed by atoms with Crippen LogP contribution in [0.2, 0.25) is 0 Å². The molecule has 0 aliphatic rings. The lowest BCUT2D eigenvalue weighted by atomic mass is 9.95. The van der Waals surface area contributed by atoms with Crippen molar-refractivity contribution in [1.29, 1.82) is 5.26 Å². The molecule has 0 bridgehead atoms. The second kappa shape index (κ2) is 6.67. The van der Waals surface area contributed by atoms with Crippen LogP contribution in [0.3, 0.4) is 0 Å². The first-order valence-electron chi connectivity index (χ1n) is 7.72. The number of H-pyrrole nitrogens is 1. The molecule has 2 aromatic carbocycles. The van der Waals surface area contributed by atoms with E-state index in [0.29, 0.717) is 23.3 Å². The number of nitrogens with one attached hydrogen (secondary N) is 1. The summed E-state index contributed by atoms with van der Waals surface area (Å²) in [4.78, 5) is 0. The van der Waals surface area contributed by atoms with Crippen molar-refractivity contribution < 1.29 is 26.3 Å². The van der Waals surface area contributed by atoms with Crippen LogP contribution >= 0.6 is 0 Å². The second-order valence-electron chi connectivity index (χ2n) is 6.03. The fourth-order valence-corrected chi connectivity index (χ4v) is 2.72. The maximum absolute atomic E-state index is 13.1. The number of nitrogens with zero attached hydrogens (tertiary/aromatic N) is 3. The van der Waals surface area contributed by atoms with Gasteiger partial charge in [0.05, 0.1) is 11.1 Å². The Balaban J connectivity index is 2.23. The fourth-order valence-electron chi connectivity index (χ4n) is 2.72. The van der Waals surface area contributed by atoms with Crippen molar-refractivity contribution in [2.24, 2.45) is 0 Å². The number of nitriles is 1. The minimum absolute atomic E-state index is 0.0246. The van der Waals surface area contributed by atoms with Gasteiger partial charge in [-0.1, -0.05) is 11.3 Å². The highest BCUT2D eigenvalue weighted by Gasteiger charge is 2.37. The van der Waals surface area contributed by atoms with Crippen molar-refractivity contribution in [1.82, 2.24) is 15.4 Å². The molecule has 1 heterocycles. The predicted molar refractivity (Wildman–Crippen MR) is 86.7 cm³/mol. The quantitative estimate of drug-likeness (QED) is 0.594. The zero-order chi connectivity index (χ0) is 20.7. The Kier molecular flexibility index (Phi) is 4.62. The molecule has 0 spiro atoms. The van der Waals surface area contributed by atoms with Gasteiger partial charge in [0.1, 0.15) is 11.8 Å². The third kappa shape index (κ3) is 3.83. The van der Waals surface area contributed by atoms with E-state index in [-0.39, 0.29) is 28.6 Å². The molecule has 0 fully saturated rings. The van der Waals surface area contributed by atoms with Gasteiger partial charge in [-0.2, -0.15) is 31.6 Å². The van der Waals surface area contributed by atoms with Gasteiger partial charge in [0.25, 0.3) is 0 Å². The molecule has 0 aliphatic carbocycles. The van der Waals surface area contributed by atoms with Crippen LogP contribution in [0.5, 0.6) is 0 Å². The summed E-state index contributed by atoms with van der Waals surface area (Å²) >= 11 is 0. The monoisotopic (exact) mass is 396 g/mol. The minimum Gasteiger partial charge on any atom is -0.247 e. The number of aromatic nitrogens is 3. The van der Waals surface area contributed by atoms with Gasteiger partial charge in [0.15, 0.2) is 5.69 Å². The van der Waals surface area contributed by atoms with Crippen molar-refractivity contribution in [3.63, 3.8) is 0 Å². The highest BCUT2D eigenvalue weighted by Crippen LogP contribution is 2.39. The first-order chi connectivity index (χ1) is 13.0. The lowest BCUT2D eigenvalue weighted by molar-refractivity contribution is -0.143. The molecule has 0 amide bonds. The molecule has 1 N–H and O–H groups in total. The van der Waals surface area contributed by atoms with Crippen LogP contribution in [0.1, 0.15) is 22.4 Å². The largest absolute Gasteiger partial charge is 0.416 e. The standard InChI is InChI=1S/C18H10F6N4/c1-9-2-10(4-12(3-9)16-15(8-25)26-28-27-16)11-5-13(17(19,20)21)7-14(6-11)18(22,23)24/h2-7H,1H3,(H,26,27,28). The minimum atomic E-state index is -4.94. The summed E-state index contributed by atoms with van der Waals surface area (Å²) in [5.74, 6) is 0. The van der Waals surface area contributed by atoms with E-state index in [0.717, 1.165) is 0 Å². The normalized spacial score (nSPS) is 12.1. The number of halogens is 6. The number of hydrogen-bond acceptors (Lipinski definition) is 3. The molecule has 0 atom stereocenters. The molecule has 10 heteroatoms. The molecule has 28 heavy (non-hydrogen) atoms. The average molecular weight is 396 g/mol. The van der Waals surface area contributed by atoms with Crippen molar-refractivity contribution in [2.45, 2.75) is 19.3 Å². The van der Waals surface area contributed by atoms with E-state index in [1.807, 2.05) is 6.07 Å². The molecule has 0 radical (unpaired) electrons. The summed E-state index contributed by atoms with van der Waals surface area (Å²) in [7, 11) is 0. The molecule has 3 aromatic rings. The van der Waals surface area contributed by atoms with Gasteiger partial charge in [0.2, 0.25) is 0 Å². The summed E-state index contributed by atoms with van der Waals surface area (Å²) in [6.45, 7) is 1.62. The molecular weight excluding hydrogens is 386 g/mol. The number of benzene rings is 2. The lowest BCUT2D eigenvalue weighted by Gasteiger charge is -2.15. The zero-order valence-electron chi connectivity index (χ0n) is 14.1. The third-order valence-corrected chi connectivity index (χ3v) is 3.93. The van der Waals surface area contributed by atoms with Gasteiger partial charge < -0.3 is 0 Å². The van der Waals surface area contributed by atoms with Crippen molar-refractivity contribution in [3.8, 4) is 28.5 Å². The molecular formula is C18H10F6N4. The first kappa shape index (κ1) is 19.4. The van der Waals surface area contributed by atoms with Gasteiger partial charge in [0, 0.05) is 5.56 Å². The first-order valence-corrected chi connectivity index (χ1v) is 7.72. The topological polar surface area (TPSA) is 65.4 Å². The Labute approximate surface area is 154 Å². The van der Waals surface area contributed by atoms with Crippen LogP contribution in [0.15, 0.2) is 36.4 Å². The smallest absolute Gasteiger partial charge is 0.247 e. The number of rotatable bonds is 2. The van der Waals surface area contributed by atoms with Gasteiger partial charge in [-0.05, 0) is 53.9 Å². The molecule has 0 aliphatic heterocycles. The second-order valence-corrected chi connectivity index (χ2v) is 6.03.